The maximum Gasteiger partial charge on any atom is 0.330 e. The zero-order valence-corrected chi connectivity index (χ0v) is 17.1. The maximum atomic E-state index is 11.8. The maximum absolute atomic E-state index is 11.8. The third-order valence-electron chi connectivity index (χ3n) is 4.77. The lowest BCUT2D eigenvalue weighted by Crippen LogP contribution is -2.44. The van der Waals surface area contributed by atoms with Crippen molar-refractivity contribution in [3.63, 3.8) is 0 Å². The molecule has 0 spiro atoms. The van der Waals surface area contributed by atoms with Crippen molar-refractivity contribution in [2.45, 2.75) is 45.8 Å². The van der Waals surface area contributed by atoms with Gasteiger partial charge in [0.05, 0.1) is 6.61 Å². The van der Waals surface area contributed by atoms with Crippen LogP contribution < -0.4 is 4.43 Å². The molecule has 4 heteroatoms. The Morgan fingerprint density at radius 2 is 1.80 bits per heavy atom. The van der Waals surface area contributed by atoms with E-state index in [1.165, 1.54) is 6.08 Å². The van der Waals surface area contributed by atoms with Gasteiger partial charge in [0.2, 0.25) is 0 Å². The first-order chi connectivity index (χ1) is 11.7. The Balaban J connectivity index is 2.53. The third-order valence-corrected chi connectivity index (χ3v) is 9.12. The minimum atomic E-state index is -1.99. The summed E-state index contributed by atoms with van der Waals surface area (Å²) in [5.41, 5.74) is 0.927. The molecule has 0 amide bonds. The van der Waals surface area contributed by atoms with Crippen LogP contribution in [0.25, 0.3) is 16.8 Å². The first-order valence-electron chi connectivity index (χ1n) is 8.71. The van der Waals surface area contributed by atoms with Gasteiger partial charge in [0.25, 0.3) is 8.32 Å². The number of hydrogen-bond acceptors (Lipinski definition) is 3. The number of benzene rings is 2. The Morgan fingerprint density at radius 1 is 1.12 bits per heavy atom. The van der Waals surface area contributed by atoms with Crippen LogP contribution in [0.5, 0.6) is 5.75 Å². The molecule has 0 aromatic heterocycles. The predicted molar refractivity (Wildman–Crippen MR) is 107 cm³/mol. The fourth-order valence-corrected chi connectivity index (χ4v) is 3.34. The van der Waals surface area contributed by atoms with Gasteiger partial charge in [-0.3, -0.25) is 0 Å². The zero-order chi connectivity index (χ0) is 18.7. The quantitative estimate of drug-likeness (QED) is 0.386. The van der Waals surface area contributed by atoms with Crippen LogP contribution in [0.4, 0.5) is 0 Å². The van der Waals surface area contributed by atoms with Crippen LogP contribution in [0.2, 0.25) is 18.1 Å². The van der Waals surface area contributed by atoms with Crippen LogP contribution in [-0.2, 0) is 9.53 Å². The molecule has 0 aliphatic rings. The number of carbonyl (C=O) groups is 1. The lowest BCUT2D eigenvalue weighted by atomic mass is 10.0. The molecule has 0 aliphatic heterocycles. The van der Waals surface area contributed by atoms with Gasteiger partial charge >= 0.3 is 5.97 Å². The van der Waals surface area contributed by atoms with Crippen molar-refractivity contribution in [3.8, 4) is 5.75 Å². The van der Waals surface area contributed by atoms with Gasteiger partial charge in [-0.05, 0) is 48.0 Å². The van der Waals surface area contributed by atoms with Crippen molar-refractivity contribution in [2.24, 2.45) is 0 Å². The van der Waals surface area contributed by atoms with E-state index in [1.807, 2.05) is 24.3 Å². The molecule has 0 unspecified atom stereocenters. The third kappa shape index (κ3) is 4.51. The summed E-state index contributed by atoms with van der Waals surface area (Å²) in [6.45, 7) is 13.3. The van der Waals surface area contributed by atoms with Crippen LogP contribution in [-0.4, -0.2) is 20.9 Å². The lowest BCUT2D eigenvalue weighted by molar-refractivity contribution is -0.137. The Morgan fingerprint density at radius 3 is 2.44 bits per heavy atom. The van der Waals surface area contributed by atoms with Crippen molar-refractivity contribution < 1.29 is 14.0 Å². The van der Waals surface area contributed by atoms with E-state index in [0.29, 0.717) is 6.61 Å². The molecule has 0 saturated heterocycles. The van der Waals surface area contributed by atoms with Gasteiger partial charge < -0.3 is 9.16 Å². The number of esters is 1. The molecule has 0 N–H and O–H groups in total. The smallest absolute Gasteiger partial charge is 0.330 e. The summed E-state index contributed by atoms with van der Waals surface area (Å²) in [6, 6.07) is 12.2. The summed E-state index contributed by atoms with van der Waals surface area (Å²) >= 11 is 0. The average molecular weight is 357 g/mol. The van der Waals surface area contributed by atoms with Gasteiger partial charge in [-0.15, -0.1) is 0 Å². The summed E-state index contributed by atoms with van der Waals surface area (Å²) in [7, 11) is -1.99. The van der Waals surface area contributed by atoms with Gasteiger partial charge in [0, 0.05) is 11.6 Å². The van der Waals surface area contributed by atoms with E-state index in [1.54, 1.807) is 6.92 Å². The van der Waals surface area contributed by atoms with Gasteiger partial charge in [-0.1, -0.05) is 51.1 Å². The average Bonchev–Trinajstić information content (AvgIpc) is 2.52. The first kappa shape index (κ1) is 19.3. The molecular weight excluding hydrogens is 328 g/mol. The van der Waals surface area contributed by atoms with Crippen LogP contribution in [0.3, 0.4) is 0 Å². The van der Waals surface area contributed by atoms with E-state index >= 15 is 0 Å². The summed E-state index contributed by atoms with van der Waals surface area (Å²) in [5, 5.41) is 2.29. The highest BCUT2D eigenvalue weighted by Gasteiger charge is 2.39. The van der Waals surface area contributed by atoms with Gasteiger partial charge in [-0.25, -0.2) is 4.79 Å². The zero-order valence-electron chi connectivity index (χ0n) is 16.1. The number of carbonyl (C=O) groups excluding carboxylic acids is 1. The Hall–Kier alpha value is -2.07. The summed E-state index contributed by atoms with van der Waals surface area (Å²) in [4.78, 5) is 11.8. The largest absolute Gasteiger partial charge is 0.543 e. The Labute approximate surface area is 151 Å². The molecule has 3 nitrogen and oxygen atoms in total. The second-order valence-electron chi connectivity index (χ2n) is 7.65. The van der Waals surface area contributed by atoms with Crippen molar-refractivity contribution in [1.82, 2.24) is 0 Å². The molecule has 2 rings (SSSR count). The van der Waals surface area contributed by atoms with Gasteiger partial charge in [-0.2, -0.15) is 0 Å². The normalized spacial score (nSPS) is 12.6. The molecule has 134 valence electrons. The summed E-state index contributed by atoms with van der Waals surface area (Å²) < 4.78 is 11.5. The van der Waals surface area contributed by atoms with E-state index in [4.69, 9.17) is 9.16 Å². The van der Waals surface area contributed by atoms with Crippen molar-refractivity contribution >= 4 is 31.1 Å². The lowest BCUT2D eigenvalue weighted by Gasteiger charge is -2.37. The highest BCUT2D eigenvalue weighted by Crippen LogP contribution is 2.39. The van der Waals surface area contributed by atoms with E-state index < -0.39 is 8.32 Å². The van der Waals surface area contributed by atoms with Gasteiger partial charge in [0.1, 0.15) is 5.75 Å². The second kappa shape index (κ2) is 7.44. The molecule has 0 aliphatic carbocycles. The fourth-order valence-electron chi connectivity index (χ4n) is 2.31. The van der Waals surface area contributed by atoms with Crippen LogP contribution in [0, 0.1) is 0 Å². The molecule has 0 saturated carbocycles. The monoisotopic (exact) mass is 356 g/mol. The van der Waals surface area contributed by atoms with E-state index in [2.05, 4.69) is 52.1 Å². The highest BCUT2D eigenvalue weighted by molar-refractivity contribution is 6.74. The SMILES string of the molecule is CCOC(=O)/C=C/c1c(O[Si](C)(C)C(C)(C)C)ccc2ccccc12. The van der Waals surface area contributed by atoms with E-state index in [0.717, 1.165) is 22.1 Å². The fraction of sp³-hybridized carbons (Fsp3) is 0.381. The molecular formula is C21H28O3Si. The minimum Gasteiger partial charge on any atom is -0.543 e. The van der Waals surface area contributed by atoms with Crippen molar-refractivity contribution in [2.75, 3.05) is 6.61 Å². The molecule has 0 atom stereocenters. The minimum absolute atomic E-state index is 0.0980. The summed E-state index contributed by atoms with van der Waals surface area (Å²) in [6.07, 6.45) is 3.28. The molecule has 2 aromatic carbocycles. The first-order valence-corrected chi connectivity index (χ1v) is 11.6. The topological polar surface area (TPSA) is 35.5 Å². The highest BCUT2D eigenvalue weighted by atomic mass is 28.4. The predicted octanol–water partition coefficient (Wildman–Crippen LogP) is 5.80. The molecule has 0 fully saturated rings. The van der Waals surface area contributed by atoms with E-state index in [9.17, 15) is 4.79 Å². The molecule has 25 heavy (non-hydrogen) atoms. The van der Waals surface area contributed by atoms with Crippen molar-refractivity contribution in [3.05, 3.63) is 48.0 Å². The number of ether oxygens (including phenoxy) is 1. The Kier molecular flexibility index (Phi) is 5.73. The van der Waals surface area contributed by atoms with Gasteiger partial charge in [0.15, 0.2) is 0 Å². The molecule has 0 heterocycles. The number of rotatable bonds is 5. The Bertz CT molecular complexity index is 785. The van der Waals surface area contributed by atoms with E-state index in [-0.39, 0.29) is 11.0 Å². The van der Waals surface area contributed by atoms with Crippen LogP contribution in [0.15, 0.2) is 42.5 Å². The van der Waals surface area contributed by atoms with Crippen LogP contribution >= 0.6 is 0 Å². The van der Waals surface area contributed by atoms with Crippen LogP contribution in [0.1, 0.15) is 33.3 Å². The number of fused-ring (bicyclic) bond motifs is 1. The molecule has 0 radical (unpaired) electrons. The standard InChI is InChI=1S/C21H28O3Si/c1-7-23-20(22)15-13-18-17-11-9-8-10-16(17)12-14-19(18)24-25(5,6)21(2,3)4/h8-15H,7H2,1-6H3/b15-13+. The molecule has 0 bridgehead atoms. The van der Waals surface area contributed by atoms with Crippen molar-refractivity contribution in [1.29, 1.82) is 0 Å². The molecule has 2 aromatic rings. The number of hydrogen-bond donors (Lipinski definition) is 0. The summed E-state index contributed by atoms with van der Waals surface area (Å²) in [5.74, 6) is 0.486. The second-order valence-corrected chi connectivity index (χ2v) is 12.4.